The van der Waals surface area contributed by atoms with E-state index in [1.807, 2.05) is 6.42 Å². The molecule has 3 heterocycles. The summed E-state index contributed by atoms with van der Waals surface area (Å²) in [7, 11) is 0. The number of primary amides is 1. The summed E-state index contributed by atoms with van der Waals surface area (Å²) >= 11 is 0. The second-order valence-corrected chi connectivity index (χ2v) is 8.27. The third-order valence-electron chi connectivity index (χ3n) is 6.07. The van der Waals surface area contributed by atoms with Crippen LogP contribution < -0.4 is 16.6 Å². The highest BCUT2D eigenvalue weighted by atomic mass is 19.1. The van der Waals surface area contributed by atoms with E-state index in [1.165, 1.54) is 22.8 Å². The molecule has 1 unspecified atom stereocenters. The Labute approximate surface area is 185 Å². The second kappa shape index (κ2) is 9.62. The molecule has 2 aliphatic heterocycles. The quantitative estimate of drug-likeness (QED) is 0.673. The SMILES string of the molecule is NC(=O)C1[CH]C[C@@H](CN2CCCC2)N1CC(=O)Nc1ccc(-n2ccccc2=O)cc1F. The first-order valence-electron chi connectivity index (χ1n) is 10.8. The van der Waals surface area contributed by atoms with Crippen LogP contribution in [0.25, 0.3) is 5.69 Å². The Morgan fingerprint density at radius 2 is 1.94 bits per heavy atom. The van der Waals surface area contributed by atoms with E-state index >= 15 is 0 Å². The monoisotopic (exact) mass is 440 g/mol. The fourth-order valence-corrected chi connectivity index (χ4v) is 4.49. The number of benzene rings is 1. The van der Waals surface area contributed by atoms with Crippen molar-refractivity contribution in [1.82, 2.24) is 14.4 Å². The van der Waals surface area contributed by atoms with Crippen LogP contribution in [0.2, 0.25) is 0 Å². The first kappa shape index (κ1) is 22.2. The lowest BCUT2D eigenvalue weighted by Crippen LogP contribution is -2.50. The number of carbonyl (C=O) groups is 2. The van der Waals surface area contributed by atoms with Crippen LogP contribution in [0.3, 0.4) is 0 Å². The number of hydrogen-bond acceptors (Lipinski definition) is 5. The van der Waals surface area contributed by atoms with Gasteiger partial charge in [0.1, 0.15) is 5.82 Å². The molecule has 4 rings (SSSR count). The molecule has 1 aromatic carbocycles. The fourth-order valence-electron chi connectivity index (χ4n) is 4.49. The predicted octanol–water partition coefficient (Wildman–Crippen LogP) is 1.14. The summed E-state index contributed by atoms with van der Waals surface area (Å²) in [5.74, 6) is -1.58. The zero-order valence-electron chi connectivity index (χ0n) is 17.7. The lowest BCUT2D eigenvalue weighted by molar-refractivity contribution is -0.124. The third kappa shape index (κ3) is 4.89. The molecule has 2 aliphatic rings. The first-order valence-corrected chi connectivity index (χ1v) is 10.8. The Hall–Kier alpha value is -3.04. The third-order valence-corrected chi connectivity index (χ3v) is 6.07. The van der Waals surface area contributed by atoms with E-state index in [-0.39, 0.29) is 23.8 Å². The molecule has 2 fully saturated rings. The van der Waals surface area contributed by atoms with Crippen LogP contribution in [0.1, 0.15) is 19.3 Å². The molecule has 2 atom stereocenters. The van der Waals surface area contributed by atoms with Gasteiger partial charge < -0.3 is 16.0 Å². The number of anilines is 1. The molecule has 9 heteroatoms. The lowest BCUT2D eigenvalue weighted by atomic mass is 10.2. The number of carbonyl (C=O) groups excluding carboxylic acids is 2. The molecule has 0 aliphatic carbocycles. The molecule has 3 N–H and O–H groups in total. The Balaban J connectivity index is 1.44. The average Bonchev–Trinajstić information content (AvgIpc) is 3.41. The minimum absolute atomic E-state index is 0.00790. The molecular formula is C23H27FN5O3. The van der Waals surface area contributed by atoms with Crippen LogP contribution in [0.4, 0.5) is 10.1 Å². The molecule has 2 amide bonds. The maximum Gasteiger partial charge on any atom is 0.255 e. The Morgan fingerprint density at radius 3 is 2.62 bits per heavy atom. The Kier molecular flexibility index (Phi) is 6.66. The van der Waals surface area contributed by atoms with Crippen molar-refractivity contribution in [1.29, 1.82) is 0 Å². The Morgan fingerprint density at radius 1 is 1.16 bits per heavy atom. The summed E-state index contributed by atoms with van der Waals surface area (Å²) in [5, 5.41) is 2.58. The number of nitrogens with one attached hydrogen (secondary N) is 1. The van der Waals surface area contributed by atoms with Crippen LogP contribution >= 0.6 is 0 Å². The summed E-state index contributed by atoms with van der Waals surface area (Å²) < 4.78 is 16.0. The number of likely N-dealkylation sites (tertiary alicyclic amines) is 2. The molecule has 1 aromatic heterocycles. The minimum Gasteiger partial charge on any atom is -0.368 e. The highest BCUT2D eigenvalue weighted by Gasteiger charge is 2.39. The minimum atomic E-state index is -0.653. The van der Waals surface area contributed by atoms with Crippen molar-refractivity contribution < 1.29 is 14.0 Å². The van der Waals surface area contributed by atoms with Crippen LogP contribution in [0.15, 0.2) is 47.4 Å². The normalized spacial score (nSPS) is 21.7. The van der Waals surface area contributed by atoms with Gasteiger partial charge in [0.05, 0.1) is 24.0 Å². The van der Waals surface area contributed by atoms with E-state index in [9.17, 15) is 18.8 Å². The summed E-state index contributed by atoms with van der Waals surface area (Å²) in [5.41, 5.74) is 5.64. The smallest absolute Gasteiger partial charge is 0.255 e. The van der Waals surface area contributed by atoms with E-state index < -0.39 is 23.7 Å². The molecule has 32 heavy (non-hydrogen) atoms. The van der Waals surface area contributed by atoms with Gasteiger partial charge in [0, 0.05) is 30.9 Å². The number of aromatic nitrogens is 1. The van der Waals surface area contributed by atoms with Crippen LogP contribution in [-0.2, 0) is 9.59 Å². The van der Waals surface area contributed by atoms with Crippen LogP contribution in [-0.4, -0.2) is 64.4 Å². The summed E-state index contributed by atoms with van der Waals surface area (Å²) in [6.07, 6.45) is 6.38. The number of rotatable bonds is 7. The topological polar surface area (TPSA) is 101 Å². The molecule has 169 valence electrons. The maximum atomic E-state index is 14.7. The largest absolute Gasteiger partial charge is 0.368 e. The van der Waals surface area contributed by atoms with Crippen molar-refractivity contribution in [2.24, 2.45) is 5.73 Å². The fraction of sp³-hybridized carbons (Fsp3) is 0.391. The summed E-state index contributed by atoms with van der Waals surface area (Å²) in [4.78, 5) is 40.7. The number of nitrogens with two attached hydrogens (primary N) is 1. The van der Waals surface area contributed by atoms with E-state index in [1.54, 1.807) is 29.3 Å². The van der Waals surface area contributed by atoms with Crippen molar-refractivity contribution in [3.8, 4) is 5.69 Å². The van der Waals surface area contributed by atoms with Crippen LogP contribution in [0.5, 0.6) is 0 Å². The molecule has 0 bridgehead atoms. The van der Waals surface area contributed by atoms with Crippen molar-refractivity contribution >= 4 is 17.5 Å². The first-order chi connectivity index (χ1) is 15.4. The van der Waals surface area contributed by atoms with Gasteiger partial charge in [0.2, 0.25) is 11.8 Å². The highest BCUT2D eigenvalue weighted by molar-refractivity contribution is 5.93. The lowest BCUT2D eigenvalue weighted by Gasteiger charge is -2.30. The van der Waals surface area contributed by atoms with Gasteiger partial charge in [0.25, 0.3) is 5.56 Å². The van der Waals surface area contributed by atoms with Crippen molar-refractivity contribution in [3.05, 3.63) is 65.2 Å². The van der Waals surface area contributed by atoms with E-state index in [0.717, 1.165) is 32.5 Å². The van der Waals surface area contributed by atoms with E-state index in [0.29, 0.717) is 12.1 Å². The zero-order valence-corrected chi connectivity index (χ0v) is 17.7. The summed E-state index contributed by atoms with van der Waals surface area (Å²) in [6.45, 7) is 2.73. The van der Waals surface area contributed by atoms with E-state index in [2.05, 4.69) is 10.2 Å². The van der Waals surface area contributed by atoms with Gasteiger partial charge in [0.15, 0.2) is 0 Å². The van der Waals surface area contributed by atoms with Gasteiger partial charge in [-0.2, -0.15) is 0 Å². The predicted molar refractivity (Wildman–Crippen MR) is 119 cm³/mol. The van der Waals surface area contributed by atoms with Gasteiger partial charge >= 0.3 is 0 Å². The number of halogens is 1. The van der Waals surface area contributed by atoms with Gasteiger partial charge in [-0.05, 0) is 57.0 Å². The standard InChI is InChI=1S/C23H27FN5O3/c24-18-13-16(28-12-2-1-5-22(28)31)6-8-19(18)26-21(30)15-29-17(7-9-20(29)23(25)32)14-27-10-3-4-11-27/h1-2,5-6,8-9,12-13,17,20H,3-4,7,10-11,14-15H2,(H2,25,32)(H,26,30)/t17-,20?/m0/s1. The van der Waals surface area contributed by atoms with Gasteiger partial charge in [-0.3, -0.25) is 23.9 Å². The average molecular weight is 440 g/mol. The van der Waals surface area contributed by atoms with Crippen molar-refractivity contribution in [2.75, 3.05) is 31.5 Å². The summed E-state index contributed by atoms with van der Waals surface area (Å²) in [6, 6.07) is 8.24. The number of hydrogen-bond donors (Lipinski definition) is 2. The molecule has 1 radical (unpaired) electrons. The highest BCUT2D eigenvalue weighted by Crippen LogP contribution is 2.25. The molecule has 2 aromatic rings. The molecule has 0 saturated carbocycles. The molecule has 0 spiro atoms. The number of pyridine rings is 1. The maximum absolute atomic E-state index is 14.7. The van der Waals surface area contributed by atoms with E-state index in [4.69, 9.17) is 5.73 Å². The van der Waals surface area contributed by atoms with Crippen molar-refractivity contribution in [3.63, 3.8) is 0 Å². The number of nitrogens with zero attached hydrogens (tertiary/aromatic N) is 3. The van der Waals surface area contributed by atoms with Gasteiger partial charge in [-0.25, -0.2) is 4.39 Å². The molecule has 8 nitrogen and oxygen atoms in total. The number of amides is 2. The second-order valence-electron chi connectivity index (χ2n) is 8.27. The molecular weight excluding hydrogens is 413 g/mol. The molecule has 2 saturated heterocycles. The Bertz CT molecular complexity index is 1050. The van der Waals surface area contributed by atoms with Gasteiger partial charge in [-0.1, -0.05) is 6.07 Å². The van der Waals surface area contributed by atoms with Crippen molar-refractivity contribution in [2.45, 2.75) is 31.3 Å². The van der Waals surface area contributed by atoms with Gasteiger partial charge in [-0.15, -0.1) is 0 Å². The van der Waals surface area contributed by atoms with Crippen LogP contribution in [0, 0.1) is 12.2 Å². The zero-order chi connectivity index (χ0) is 22.7.